The van der Waals surface area contributed by atoms with E-state index in [2.05, 4.69) is 97.2 Å². The highest BCUT2D eigenvalue weighted by molar-refractivity contribution is 7.16. The van der Waals surface area contributed by atoms with Crippen LogP contribution in [0.5, 0.6) is 5.75 Å². The lowest BCUT2D eigenvalue weighted by atomic mass is 10.2. The first-order chi connectivity index (χ1) is 29.7. The molecule has 0 radical (unpaired) electrons. The van der Waals surface area contributed by atoms with Crippen LogP contribution in [0.3, 0.4) is 0 Å². The number of ether oxygens (including phenoxy) is 2. The number of para-hydroxylation sites is 1. The van der Waals surface area contributed by atoms with E-state index in [4.69, 9.17) is 18.9 Å². The Morgan fingerprint density at radius 3 is 2.43 bits per heavy atom. The molecule has 3 heterocycles. The number of hydrogen-bond donors (Lipinski definition) is 1. The van der Waals surface area contributed by atoms with Crippen molar-refractivity contribution >= 4 is 72.0 Å². The van der Waals surface area contributed by atoms with Gasteiger partial charge in [0.2, 0.25) is 0 Å². The van der Waals surface area contributed by atoms with Crippen LogP contribution in [0.15, 0.2) is 53.5 Å². The summed E-state index contributed by atoms with van der Waals surface area (Å²) in [6.07, 6.45) is 2.38. The van der Waals surface area contributed by atoms with Crippen molar-refractivity contribution in [3.63, 3.8) is 0 Å². The summed E-state index contributed by atoms with van der Waals surface area (Å²) in [6, 6.07) is 15.9. The fraction of sp³-hybridized carbons (Fsp3) is 0.500. The summed E-state index contributed by atoms with van der Waals surface area (Å²) in [5.41, 5.74) is 2.40. The molecule has 12 nitrogen and oxygen atoms in total. The number of unbranched alkanes of at least 4 members (excludes halogenated alkanes) is 1. The number of aromatic carboxylic acids is 1. The van der Waals surface area contributed by atoms with Crippen molar-refractivity contribution < 1.29 is 28.2 Å². The molecule has 0 atom stereocenters. The molecule has 0 amide bonds. The molecule has 0 saturated carbocycles. The van der Waals surface area contributed by atoms with Gasteiger partial charge in [-0.2, -0.15) is 4.99 Å². The van der Waals surface area contributed by atoms with Gasteiger partial charge in [-0.05, 0) is 113 Å². The van der Waals surface area contributed by atoms with E-state index >= 15 is 0 Å². The maximum Gasteiger partial charge on any atom is 0.355 e. The summed E-state index contributed by atoms with van der Waals surface area (Å²) >= 11 is 2.88. The van der Waals surface area contributed by atoms with Gasteiger partial charge in [-0.25, -0.2) is 14.2 Å². The molecule has 2 aromatic carbocycles. The van der Waals surface area contributed by atoms with Crippen molar-refractivity contribution in [3.05, 3.63) is 80.8 Å². The molecule has 0 fully saturated rings. The number of halogens is 1. The summed E-state index contributed by atoms with van der Waals surface area (Å²) < 4.78 is 36.5. The van der Waals surface area contributed by atoms with Gasteiger partial charge >= 0.3 is 5.97 Å². The Morgan fingerprint density at radius 2 is 1.75 bits per heavy atom. The number of carboxylic acids is 1. The van der Waals surface area contributed by atoms with Gasteiger partial charge in [0.1, 0.15) is 6.73 Å². The van der Waals surface area contributed by atoms with E-state index in [1.165, 1.54) is 17.4 Å². The molecule has 3 aromatic heterocycles. The van der Waals surface area contributed by atoms with Gasteiger partial charge in [0.15, 0.2) is 47.1 Å². The van der Waals surface area contributed by atoms with Crippen LogP contribution < -0.4 is 14.4 Å². The Hall–Kier alpha value is -4.29. The van der Waals surface area contributed by atoms with Gasteiger partial charge in [0.25, 0.3) is 0 Å². The molecule has 5 rings (SSSR count). The number of hydrogen-bond acceptors (Lipinski definition) is 12. The number of anilines is 2. The number of aryl methyl sites for hydroxylation is 2. The van der Waals surface area contributed by atoms with Gasteiger partial charge < -0.3 is 23.9 Å². The molecule has 5 aromatic rings. The first kappa shape index (κ1) is 49.7. The Bertz CT molecular complexity index is 2460. The highest BCUT2D eigenvalue weighted by Crippen LogP contribution is 2.37. The topological polar surface area (TPSA) is 127 Å². The van der Waals surface area contributed by atoms with Crippen LogP contribution in [-0.2, 0) is 22.3 Å². The highest BCUT2D eigenvalue weighted by Gasteiger charge is 2.37. The van der Waals surface area contributed by atoms with E-state index < -0.39 is 28.2 Å². The molecule has 0 spiro atoms. The van der Waals surface area contributed by atoms with Gasteiger partial charge in [-0.15, -0.1) is 21.5 Å². The van der Waals surface area contributed by atoms with Gasteiger partial charge in [0.05, 0.1) is 23.4 Å². The number of thiazole rings is 2. The van der Waals surface area contributed by atoms with E-state index in [0.717, 1.165) is 39.5 Å². The molecule has 0 aliphatic carbocycles. The molecule has 340 valence electrons. The molecule has 17 heteroatoms. The lowest BCUT2D eigenvalue weighted by Gasteiger charge is -2.36. The molecule has 0 aliphatic heterocycles. The van der Waals surface area contributed by atoms with Crippen LogP contribution >= 0.6 is 22.7 Å². The smallest absolute Gasteiger partial charge is 0.355 e. The minimum absolute atomic E-state index is 0.0224. The monoisotopic (exact) mass is 933 g/mol. The fourth-order valence-electron chi connectivity index (χ4n) is 5.99. The number of aromatic nitrogens is 4. The third-order valence-corrected chi connectivity index (χ3v) is 19.2. The van der Waals surface area contributed by atoms with Gasteiger partial charge in [-0.1, -0.05) is 75.7 Å². The van der Waals surface area contributed by atoms with Crippen molar-refractivity contribution in [2.24, 2.45) is 4.99 Å². The van der Waals surface area contributed by atoms with E-state index in [0.29, 0.717) is 73.1 Å². The Morgan fingerprint density at radius 1 is 0.984 bits per heavy atom. The standard InChI is InChI=1S/C46H64FN7O5S2Si2/c1-33-30-40(50-51-42(33)49-45-54(32-57-28-29-62(7,8)9)36-19-12-13-20-38(36)60-45)53(25-14-15-27-59-63(10,11)46(2,3)4)44-48-41(43(55)56)39(61-44)21-17-26-58-37-23-22-34(31-35(37)47)18-16-24-52(5)6/h12-13,19-20,22-23,30-31H,14-15,17,21,24-29,32H2,1-11H3,(H,55,56). The molecule has 0 saturated heterocycles. The third-order valence-electron chi connectivity index (χ3n) is 10.8. The van der Waals surface area contributed by atoms with E-state index in [-0.39, 0.29) is 23.1 Å². The molecule has 0 bridgehead atoms. The quantitative estimate of drug-likeness (QED) is 0.0432. The Labute approximate surface area is 382 Å². The minimum atomic E-state index is -1.92. The van der Waals surface area contributed by atoms with E-state index in [9.17, 15) is 14.3 Å². The summed E-state index contributed by atoms with van der Waals surface area (Å²) in [4.78, 5) is 27.5. The minimum Gasteiger partial charge on any atom is -0.491 e. The zero-order valence-electron chi connectivity index (χ0n) is 38.8. The zero-order chi connectivity index (χ0) is 46.0. The largest absolute Gasteiger partial charge is 0.491 e. The summed E-state index contributed by atoms with van der Waals surface area (Å²) in [7, 11) is 0.663. The number of nitrogens with zero attached hydrogens (tertiary/aromatic N) is 7. The first-order valence-corrected chi connectivity index (χ1v) is 29.7. The molecule has 0 aliphatic rings. The predicted molar refractivity (Wildman–Crippen MR) is 260 cm³/mol. The maximum atomic E-state index is 14.9. The first-order valence-electron chi connectivity index (χ1n) is 21.5. The van der Waals surface area contributed by atoms with Crippen LogP contribution in [0.1, 0.15) is 66.5 Å². The molecule has 0 unspecified atom stereocenters. The fourth-order valence-corrected chi connectivity index (χ4v) is 9.98. The van der Waals surface area contributed by atoms with Crippen molar-refractivity contribution in [3.8, 4) is 17.6 Å². The third kappa shape index (κ3) is 14.4. The van der Waals surface area contributed by atoms with E-state index in [1.54, 1.807) is 23.5 Å². The predicted octanol–water partition coefficient (Wildman–Crippen LogP) is 10.5. The zero-order valence-corrected chi connectivity index (χ0v) is 42.4. The number of carbonyl (C=O) groups is 1. The molecular weight excluding hydrogens is 870 g/mol. The second-order valence-corrected chi connectivity index (χ2v) is 31.1. The van der Waals surface area contributed by atoms with Crippen LogP contribution in [0.4, 0.5) is 21.2 Å². The number of carboxylic acid groups (broad SMARTS) is 1. The SMILES string of the molecule is Cc1cc(N(CCCCO[Si](C)(C)C(C)(C)C)c2nc(C(=O)O)c(CCCOc3ccc(C#CCN(C)C)cc3F)s2)nnc1N=c1sc2ccccc2n1COCC[Si](C)(C)C. The highest BCUT2D eigenvalue weighted by atomic mass is 32.1. The van der Waals surface area contributed by atoms with E-state index in [1.807, 2.05) is 49.0 Å². The van der Waals surface area contributed by atoms with Crippen molar-refractivity contribution in [2.75, 3.05) is 51.9 Å². The molecule has 1 N–H and O–H groups in total. The number of fused-ring (bicyclic) bond motifs is 1. The number of rotatable bonds is 21. The van der Waals surface area contributed by atoms with Crippen LogP contribution in [0.2, 0.25) is 43.8 Å². The average molecular weight is 934 g/mol. The lowest BCUT2D eigenvalue weighted by molar-refractivity contribution is 0.0690. The second-order valence-electron chi connectivity index (χ2n) is 18.6. The van der Waals surface area contributed by atoms with Crippen molar-refractivity contribution in [1.82, 2.24) is 24.6 Å². The van der Waals surface area contributed by atoms with Crippen molar-refractivity contribution in [2.45, 2.75) is 104 Å². The Balaban J connectivity index is 1.38. The Kier molecular flexibility index (Phi) is 17.4. The molecule has 63 heavy (non-hydrogen) atoms. The van der Waals surface area contributed by atoms with Gasteiger partial charge in [0, 0.05) is 38.3 Å². The molecular formula is C46H64FN7O5S2Si2. The number of benzene rings is 2. The second kappa shape index (κ2) is 22.1. The normalized spacial score (nSPS) is 12.6. The van der Waals surface area contributed by atoms with Crippen molar-refractivity contribution in [1.29, 1.82) is 0 Å². The van der Waals surface area contributed by atoms with Gasteiger partial charge in [-0.3, -0.25) is 9.47 Å². The lowest BCUT2D eigenvalue weighted by Crippen LogP contribution is -2.41. The maximum absolute atomic E-state index is 14.9. The summed E-state index contributed by atoms with van der Waals surface area (Å²) in [5, 5.41) is 20.2. The van der Waals surface area contributed by atoms with Crippen LogP contribution in [0, 0.1) is 24.6 Å². The van der Waals surface area contributed by atoms with Crippen LogP contribution in [-0.4, -0.2) is 99.1 Å². The van der Waals surface area contributed by atoms with Crippen LogP contribution in [0.25, 0.3) is 10.2 Å². The summed E-state index contributed by atoms with van der Waals surface area (Å²) in [5.74, 6) is 5.50. The summed E-state index contributed by atoms with van der Waals surface area (Å²) in [6.45, 7) is 23.1. The average Bonchev–Trinajstić information content (AvgIpc) is 3.78.